The van der Waals surface area contributed by atoms with Crippen molar-refractivity contribution in [3.63, 3.8) is 0 Å². The molecule has 0 heterocycles. The molecule has 0 N–H and O–H groups in total. The first kappa shape index (κ1) is 17.9. The van der Waals surface area contributed by atoms with Crippen LogP contribution in [0.3, 0.4) is 0 Å². The predicted molar refractivity (Wildman–Crippen MR) is 81.6 cm³/mol. The lowest BCUT2D eigenvalue weighted by molar-refractivity contribution is -0.497. The van der Waals surface area contributed by atoms with Gasteiger partial charge < -0.3 is 4.74 Å². The lowest BCUT2D eigenvalue weighted by Gasteiger charge is -2.24. The van der Waals surface area contributed by atoms with Crippen LogP contribution < -0.4 is 0 Å². The summed E-state index contributed by atoms with van der Waals surface area (Å²) >= 11 is 0. The van der Waals surface area contributed by atoms with Crippen LogP contribution in [0, 0.1) is 27.4 Å². The molecule has 5 heteroatoms. The van der Waals surface area contributed by atoms with Crippen LogP contribution in [0.15, 0.2) is 0 Å². The number of ether oxygens (including phenoxy) is 1. The van der Waals surface area contributed by atoms with Crippen molar-refractivity contribution in [1.29, 1.82) is 0 Å². The van der Waals surface area contributed by atoms with Crippen molar-refractivity contribution in [3.8, 4) is 0 Å². The third-order valence-electron chi connectivity index (χ3n) is 4.67. The monoisotopic (exact) mass is 299 g/mol. The summed E-state index contributed by atoms with van der Waals surface area (Å²) in [6.07, 6.45) is 6.19. The largest absolute Gasteiger partial charge is 0.466 e. The Balaban J connectivity index is 2.86. The first-order valence-corrected chi connectivity index (χ1v) is 8.23. The molecular formula is C16H29NO4. The molecule has 1 saturated carbocycles. The normalized spacial score (nSPS) is 24.0. The maximum atomic E-state index is 11.9. The van der Waals surface area contributed by atoms with Gasteiger partial charge in [-0.2, -0.15) is 0 Å². The summed E-state index contributed by atoms with van der Waals surface area (Å²) < 4.78 is 5.04. The third-order valence-corrected chi connectivity index (χ3v) is 4.67. The lowest BCUT2D eigenvalue weighted by Crippen LogP contribution is -2.31. The minimum Gasteiger partial charge on any atom is -0.466 e. The molecule has 0 aromatic heterocycles. The zero-order chi connectivity index (χ0) is 15.9. The predicted octanol–water partition coefficient (Wildman–Crippen LogP) is 3.83. The van der Waals surface area contributed by atoms with Gasteiger partial charge in [0, 0.05) is 10.3 Å². The molecule has 0 aliphatic heterocycles. The van der Waals surface area contributed by atoms with E-state index in [2.05, 4.69) is 13.8 Å². The average Bonchev–Trinajstić information content (AvgIpc) is 2.67. The minimum atomic E-state index is -0.491. The highest BCUT2D eigenvalue weighted by Crippen LogP contribution is 2.51. The van der Waals surface area contributed by atoms with Gasteiger partial charge in [0.05, 0.1) is 13.0 Å². The zero-order valence-corrected chi connectivity index (χ0v) is 13.6. The lowest BCUT2D eigenvalue weighted by atomic mass is 9.81. The molecule has 0 aromatic carbocycles. The fraction of sp³-hybridized carbons (Fsp3) is 0.938. The summed E-state index contributed by atoms with van der Waals surface area (Å²) in [7, 11) is 0. The van der Waals surface area contributed by atoms with Gasteiger partial charge in [-0.3, -0.25) is 14.9 Å². The van der Waals surface area contributed by atoms with Gasteiger partial charge in [0.2, 0.25) is 6.54 Å². The highest BCUT2D eigenvalue weighted by molar-refractivity contribution is 5.70. The van der Waals surface area contributed by atoms with Crippen LogP contribution in [0.5, 0.6) is 0 Å². The molecule has 0 aromatic rings. The Morgan fingerprint density at radius 2 is 1.71 bits per heavy atom. The van der Waals surface area contributed by atoms with Gasteiger partial charge in [-0.15, -0.1) is 0 Å². The van der Waals surface area contributed by atoms with E-state index in [1.54, 1.807) is 6.92 Å². The molecule has 1 aliphatic carbocycles. The smallest absolute Gasteiger partial charge is 0.306 e. The van der Waals surface area contributed by atoms with E-state index < -0.39 is 5.41 Å². The molecule has 0 saturated heterocycles. The first-order chi connectivity index (χ1) is 9.96. The second-order valence-corrected chi connectivity index (χ2v) is 6.48. The highest BCUT2D eigenvalue weighted by Gasteiger charge is 2.49. The number of hydrogen-bond acceptors (Lipinski definition) is 4. The van der Waals surface area contributed by atoms with Crippen LogP contribution in [0.25, 0.3) is 0 Å². The molecular weight excluding hydrogens is 270 g/mol. The number of hydrogen-bond donors (Lipinski definition) is 0. The van der Waals surface area contributed by atoms with Crippen molar-refractivity contribution in [2.45, 2.75) is 65.7 Å². The Bertz CT molecular complexity index is 342. The van der Waals surface area contributed by atoms with Gasteiger partial charge in [0.15, 0.2) is 0 Å². The number of nitro groups is 1. The fourth-order valence-corrected chi connectivity index (χ4v) is 4.07. The van der Waals surface area contributed by atoms with Crippen LogP contribution >= 0.6 is 0 Å². The molecule has 122 valence electrons. The molecule has 0 unspecified atom stereocenters. The second-order valence-electron chi connectivity index (χ2n) is 6.48. The van der Waals surface area contributed by atoms with Gasteiger partial charge in [0.25, 0.3) is 0 Å². The molecule has 1 aliphatic rings. The van der Waals surface area contributed by atoms with E-state index in [-0.39, 0.29) is 23.9 Å². The summed E-state index contributed by atoms with van der Waals surface area (Å²) in [5.74, 6) is 0.750. The summed E-state index contributed by atoms with van der Waals surface area (Å²) in [5.41, 5.74) is -0.491. The summed E-state index contributed by atoms with van der Waals surface area (Å²) in [4.78, 5) is 22.7. The van der Waals surface area contributed by atoms with E-state index in [9.17, 15) is 14.9 Å². The van der Waals surface area contributed by atoms with Gasteiger partial charge in [0.1, 0.15) is 0 Å². The maximum absolute atomic E-state index is 11.9. The summed E-state index contributed by atoms with van der Waals surface area (Å²) in [6.45, 7) is 6.31. The molecule has 21 heavy (non-hydrogen) atoms. The SMILES string of the molecule is CCC[C@H]1CC(CC(=O)OCC)(C[N+](=O)[O-])C[C@@H]1CCC. The Kier molecular flexibility index (Phi) is 7.12. The first-order valence-electron chi connectivity index (χ1n) is 8.23. The van der Waals surface area contributed by atoms with E-state index in [0.717, 1.165) is 38.5 Å². The Hall–Kier alpha value is -1.13. The maximum Gasteiger partial charge on any atom is 0.306 e. The Labute approximate surface area is 127 Å². The van der Waals surface area contributed by atoms with E-state index in [1.165, 1.54) is 0 Å². The number of esters is 1. The van der Waals surface area contributed by atoms with E-state index in [4.69, 9.17) is 4.74 Å². The van der Waals surface area contributed by atoms with Crippen molar-refractivity contribution >= 4 is 5.97 Å². The quantitative estimate of drug-likeness (QED) is 0.368. The minimum absolute atomic E-state index is 0.105. The molecule has 0 radical (unpaired) electrons. The fourth-order valence-electron chi connectivity index (χ4n) is 4.07. The number of carbonyl (C=O) groups is 1. The highest BCUT2D eigenvalue weighted by atomic mass is 16.6. The average molecular weight is 299 g/mol. The van der Waals surface area contributed by atoms with Crippen molar-refractivity contribution in [3.05, 3.63) is 10.1 Å². The van der Waals surface area contributed by atoms with Crippen LogP contribution in [0.1, 0.15) is 65.7 Å². The van der Waals surface area contributed by atoms with E-state index >= 15 is 0 Å². The number of rotatable bonds is 9. The topological polar surface area (TPSA) is 69.4 Å². The Morgan fingerprint density at radius 3 is 2.10 bits per heavy atom. The molecule has 1 fully saturated rings. The summed E-state index contributed by atoms with van der Waals surface area (Å²) in [6, 6.07) is 0. The van der Waals surface area contributed by atoms with Crippen LogP contribution in [0.2, 0.25) is 0 Å². The van der Waals surface area contributed by atoms with Gasteiger partial charge in [-0.25, -0.2) is 0 Å². The van der Waals surface area contributed by atoms with Crippen molar-refractivity contribution in [2.24, 2.45) is 17.3 Å². The van der Waals surface area contributed by atoms with Crippen molar-refractivity contribution in [1.82, 2.24) is 0 Å². The molecule has 1 rings (SSSR count). The van der Waals surface area contributed by atoms with Crippen LogP contribution in [-0.2, 0) is 9.53 Å². The zero-order valence-electron chi connectivity index (χ0n) is 13.6. The van der Waals surface area contributed by atoms with E-state index in [1.807, 2.05) is 0 Å². The standard InChI is InChI=1S/C16H29NO4/c1-4-7-13-9-16(12-17(19)20,10-14(13)8-5-2)11-15(18)21-6-3/h13-14H,4-12H2,1-3H3/t13-,14-/m0/s1. The number of carbonyl (C=O) groups excluding carboxylic acids is 1. The summed E-state index contributed by atoms with van der Waals surface area (Å²) in [5, 5.41) is 11.1. The molecule has 0 bridgehead atoms. The van der Waals surface area contributed by atoms with Gasteiger partial charge in [-0.1, -0.05) is 39.5 Å². The molecule has 2 atom stereocenters. The molecule has 0 amide bonds. The van der Waals surface area contributed by atoms with Crippen LogP contribution in [0.4, 0.5) is 0 Å². The third kappa shape index (κ3) is 5.29. The number of nitrogens with zero attached hydrogens (tertiary/aromatic N) is 1. The van der Waals surface area contributed by atoms with E-state index in [0.29, 0.717) is 18.4 Å². The second kappa shape index (κ2) is 8.35. The van der Waals surface area contributed by atoms with Gasteiger partial charge in [-0.05, 0) is 31.6 Å². The van der Waals surface area contributed by atoms with Crippen molar-refractivity contribution in [2.75, 3.05) is 13.2 Å². The van der Waals surface area contributed by atoms with Crippen molar-refractivity contribution < 1.29 is 14.5 Å². The van der Waals surface area contributed by atoms with Crippen LogP contribution in [-0.4, -0.2) is 24.0 Å². The Morgan fingerprint density at radius 1 is 1.19 bits per heavy atom. The molecule has 5 nitrogen and oxygen atoms in total. The van der Waals surface area contributed by atoms with Gasteiger partial charge >= 0.3 is 5.97 Å². The molecule has 0 spiro atoms.